The Morgan fingerprint density at radius 3 is 2.32 bits per heavy atom. The van der Waals surface area contributed by atoms with Gasteiger partial charge >= 0.3 is 0 Å². The second-order valence-corrected chi connectivity index (χ2v) is 5.59. The Bertz CT molecular complexity index is 905. The summed E-state index contributed by atoms with van der Waals surface area (Å²) in [6, 6.07) is 13.1. The zero-order valence-corrected chi connectivity index (χ0v) is 13.2. The Hall–Kier alpha value is -3.48. The summed E-state index contributed by atoms with van der Waals surface area (Å²) in [6.45, 7) is 0. The van der Waals surface area contributed by atoms with Crippen LogP contribution < -0.4 is 0 Å². The van der Waals surface area contributed by atoms with Crippen molar-refractivity contribution in [1.29, 1.82) is 0 Å². The number of benzene rings is 2. The molecule has 1 aliphatic heterocycles. The lowest BCUT2D eigenvalue weighted by molar-refractivity contribution is -0.385. The Labute approximate surface area is 143 Å². The molecule has 1 fully saturated rings. The number of nitrogens with zero attached hydrogens (tertiary/aromatic N) is 2. The highest BCUT2D eigenvalue weighted by Crippen LogP contribution is 2.41. The fourth-order valence-electron chi connectivity index (χ4n) is 2.95. The molecule has 1 unspecified atom stereocenters. The zero-order chi connectivity index (χ0) is 18.1. The largest absolute Gasteiger partial charge is 0.507 e. The molecule has 2 aromatic carbocycles. The number of carbonyl (C=O) groups excluding carboxylic acids is 2. The minimum Gasteiger partial charge on any atom is -0.507 e. The first-order valence-corrected chi connectivity index (χ1v) is 7.47. The van der Waals surface area contributed by atoms with Crippen molar-refractivity contribution in [2.45, 2.75) is 6.04 Å². The number of para-hydroxylation sites is 1. The average Bonchev–Trinajstić information content (AvgIpc) is 2.85. The van der Waals surface area contributed by atoms with Gasteiger partial charge in [-0.1, -0.05) is 42.5 Å². The van der Waals surface area contributed by atoms with Crippen LogP contribution in [-0.2, 0) is 9.59 Å². The highest BCUT2D eigenvalue weighted by atomic mass is 16.6. The maximum Gasteiger partial charge on any atom is 0.295 e. The van der Waals surface area contributed by atoms with Gasteiger partial charge < -0.3 is 10.0 Å². The number of likely N-dealkylation sites (tertiary alicyclic amines) is 1. The number of aliphatic hydroxyl groups excluding tert-OH is 1. The number of hydrogen-bond donors (Lipinski definition) is 1. The normalized spacial score (nSPS) is 19.2. The molecule has 1 amide bonds. The van der Waals surface area contributed by atoms with E-state index in [1.807, 2.05) is 0 Å². The number of likely N-dealkylation sites (N-methyl/N-ethyl adjacent to an activating group) is 1. The predicted molar refractivity (Wildman–Crippen MR) is 89.6 cm³/mol. The Balaban J connectivity index is 2.25. The summed E-state index contributed by atoms with van der Waals surface area (Å²) in [4.78, 5) is 36.5. The fraction of sp³-hybridized carbons (Fsp3) is 0.111. The molecule has 0 aromatic heterocycles. The molecule has 3 rings (SSSR count). The van der Waals surface area contributed by atoms with Gasteiger partial charge in [-0.05, 0) is 6.07 Å². The van der Waals surface area contributed by atoms with Crippen molar-refractivity contribution in [2.75, 3.05) is 7.05 Å². The summed E-state index contributed by atoms with van der Waals surface area (Å²) < 4.78 is 0. The van der Waals surface area contributed by atoms with E-state index in [9.17, 15) is 24.8 Å². The zero-order valence-electron chi connectivity index (χ0n) is 13.2. The van der Waals surface area contributed by atoms with Gasteiger partial charge in [0.15, 0.2) is 0 Å². The van der Waals surface area contributed by atoms with Crippen LogP contribution in [-0.4, -0.2) is 33.7 Å². The van der Waals surface area contributed by atoms with Gasteiger partial charge in [-0.15, -0.1) is 0 Å². The minimum atomic E-state index is -1.03. The van der Waals surface area contributed by atoms with Crippen LogP contribution in [0.4, 0.5) is 5.69 Å². The average molecular weight is 338 g/mol. The Kier molecular flexibility index (Phi) is 4.06. The molecule has 1 atom stereocenters. The van der Waals surface area contributed by atoms with Crippen LogP contribution in [0.15, 0.2) is 60.2 Å². The van der Waals surface area contributed by atoms with Crippen LogP contribution in [0.5, 0.6) is 0 Å². The highest BCUT2D eigenvalue weighted by molar-refractivity contribution is 6.46. The van der Waals surface area contributed by atoms with Crippen LogP contribution in [0.1, 0.15) is 17.2 Å². The number of carbonyl (C=O) groups is 2. The lowest BCUT2D eigenvalue weighted by Crippen LogP contribution is -2.25. The molecule has 0 saturated carbocycles. The SMILES string of the molecule is CN1C(=O)C(=O)/C(=C(/O)c2ccccc2)C1c1ccccc1[N+](=O)[O-]. The van der Waals surface area contributed by atoms with E-state index < -0.39 is 22.7 Å². The number of nitro groups is 1. The van der Waals surface area contributed by atoms with Crippen LogP contribution in [0, 0.1) is 10.1 Å². The quantitative estimate of drug-likeness (QED) is 0.305. The molecule has 1 heterocycles. The summed E-state index contributed by atoms with van der Waals surface area (Å²) >= 11 is 0. The van der Waals surface area contributed by atoms with Crippen molar-refractivity contribution in [2.24, 2.45) is 0 Å². The lowest BCUT2D eigenvalue weighted by atomic mass is 9.94. The van der Waals surface area contributed by atoms with E-state index in [4.69, 9.17) is 0 Å². The van der Waals surface area contributed by atoms with E-state index in [-0.39, 0.29) is 22.6 Å². The van der Waals surface area contributed by atoms with Gasteiger partial charge in [0.05, 0.1) is 22.1 Å². The molecule has 0 bridgehead atoms. The number of hydrogen-bond acceptors (Lipinski definition) is 5. The first kappa shape index (κ1) is 16.4. The van der Waals surface area contributed by atoms with E-state index in [1.54, 1.807) is 36.4 Å². The third-order valence-electron chi connectivity index (χ3n) is 4.15. The van der Waals surface area contributed by atoms with Crippen molar-refractivity contribution in [3.8, 4) is 0 Å². The van der Waals surface area contributed by atoms with Gasteiger partial charge in [0.25, 0.3) is 17.4 Å². The number of aliphatic hydroxyl groups is 1. The minimum absolute atomic E-state index is 0.159. The molecule has 126 valence electrons. The van der Waals surface area contributed by atoms with Gasteiger partial charge in [0.2, 0.25) is 0 Å². The standard InChI is InChI=1S/C18H14N2O5/c1-19-15(12-9-5-6-10-13(12)20(24)25)14(17(22)18(19)23)16(21)11-7-3-2-4-8-11/h2-10,15,21H,1H3/b16-14+. The molecule has 7 nitrogen and oxygen atoms in total. The van der Waals surface area contributed by atoms with E-state index in [1.165, 1.54) is 25.2 Å². The third kappa shape index (κ3) is 2.65. The molecule has 1 saturated heterocycles. The number of rotatable bonds is 3. The van der Waals surface area contributed by atoms with Gasteiger partial charge in [0, 0.05) is 18.7 Å². The molecule has 0 aliphatic carbocycles. The molecule has 7 heteroatoms. The molecule has 1 N–H and O–H groups in total. The number of Topliss-reactive ketones (excluding diaryl/α,β-unsaturated/α-hetero) is 1. The van der Waals surface area contributed by atoms with Crippen LogP contribution in [0.2, 0.25) is 0 Å². The predicted octanol–water partition coefficient (Wildman–Crippen LogP) is 2.65. The van der Waals surface area contributed by atoms with Crippen LogP contribution in [0.25, 0.3) is 5.76 Å². The van der Waals surface area contributed by atoms with Crippen molar-refractivity contribution >= 4 is 23.1 Å². The number of amides is 1. The topological polar surface area (TPSA) is 101 Å². The van der Waals surface area contributed by atoms with Crippen molar-refractivity contribution in [3.05, 3.63) is 81.4 Å². The van der Waals surface area contributed by atoms with E-state index in [0.717, 1.165) is 4.90 Å². The number of nitro benzene ring substituents is 1. The second-order valence-electron chi connectivity index (χ2n) is 5.59. The van der Waals surface area contributed by atoms with E-state index in [0.29, 0.717) is 5.56 Å². The Morgan fingerprint density at radius 1 is 1.08 bits per heavy atom. The lowest BCUT2D eigenvalue weighted by Gasteiger charge is -2.20. The third-order valence-corrected chi connectivity index (χ3v) is 4.15. The monoisotopic (exact) mass is 338 g/mol. The Morgan fingerprint density at radius 2 is 1.68 bits per heavy atom. The molecular weight excluding hydrogens is 324 g/mol. The first-order chi connectivity index (χ1) is 11.9. The maximum absolute atomic E-state index is 12.4. The fourth-order valence-corrected chi connectivity index (χ4v) is 2.95. The summed E-state index contributed by atoms with van der Waals surface area (Å²) in [5, 5.41) is 21.9. The second kappa shape index (κ2) is 6.20. The summed E-state index contributed by atoms with van der Waals surface area (Å²) in [5.74, 6) is -2.04. The molecule has 0 spiro atoms. The van der Waals surface area contributed by atoms with Crippen LogP contribution in [0.3, 0.4) is 0 Å². The number of ketones is 1. The smallest absolute Gasteiger partial charge is 0.295 e. The van der Waals surface area contributed by atoms with Gasteiger partial charge in [-0.3, -0.25) is 19.7 Å². The van der Waals surface area contributed by atoms with Crippen LogP contribution >= 0.6 is 0 Å². The molecule has 2 aromatic rings. The highest BCUT2D eigenvalue weighted by Gasteiger charge is 2.46. The molecule has 25 heavy (non-hydrogen) atoms. The summed E-state index contributed by atoms with van der Waals surface area (Å²) in [7, 11) is 1.38. The maximum atomic E-state index is 12.4. The summed E-state index contributed by atoms with van der Waals surface area (Å²) in [5.41, 5.74) is 0.150. The van der Waals surface area contributed by atoms with Gasteiger partial charge in [-0.2, -0.15) is 0 Å². The van der Waals surface area contributed by atoms with Crippen molar-refractivity contribution in [3.63, 3.8) is 0 Å². The summed E-state index contributed by atoms with van der Waals surface area (Å²) in [6.07, 6.45) is 0. The first-order valence-electron chi connectivity index (χ1n) is 7.47. The van der Waals surface area contributed by atoms with E-state index >= 15 is 0 Å². The van der Waals surface area contributed by atoms with Gasteiger partial charge in [0.1, 0.15) is 5.76 Å². The van der Waals surface area contributed by atoms with Crippen molar-refractivity contribution < 1.29 is 19.6 Å². The molecule has 0 radical (unpaired) electrons. The van der Waals surface area contributed by atoms with Gasteiger partial charge in [-0.25, -0.2) is 0 Å². The molecular formula is C18H14N2O5. The van der Waals surface area contributed by atoms with E-state index in [2.05, 4.69) is 0 Å². The molecule has 1 aliphatic rings. The van der Waals surface area contributed by atoms with Crippen molar-refractivity contribution in [1.82, 2.24) is 4.90 Å².